The Kier molecular flexibility index (Phi) is 6.69. The van der Waals surface area contributed by atoms with E-state index in [0.717, 1.165) is 11.3 Å². The van der Waals surface area contributed by atoms with E-state index in [1.54, 1.807) is 31.6 Å². The van der Waals surface area contributed by atoms with Crippen molar-refractivity contribution in [3.05, 3.63) is 28.8 Å². The average Bonchev–Trinajstić information content (AvgIpc) is 3.30. The summed E-state index contributed by atoms with van der Waals surface area (Å²) < 4.78 is 1.60. The summed E-state index contributed by atoms with van der Waals surface area (Å²) in [4.78, 5) is 56.5. The third-order valence-electron chi connectivity index (χ3n) is 5.92. The van der Waals surface area contributed by atoms with E-state index in [0.29, 0.717) is 15.3 Å². The standard InChI is InChI=1S/C20H22N4O6S.Na/c1-8-13(17(20(29)30)24-16(8)14(9(2)25)18(24)28)11-6-23-7-21-15(19(23)31-11)10(26)5-12(27)22(3)4;/h6-9,14,16,25H,5H2,1-4H3,(H,29,30);/q;+1/p-1/t8-,9+,14+,16+;/m0./s1. The van der Waals surface area contributed by atoms with Crippen molar-refractivity contribution in [3.63, 3.8) is 0 Å². The van der Waals surface area contributed by atoms with Gasteiger partial charge < -0.3 is 24.8 Å². The van der Waals surface area contributed by atoms with Gasteiger partial charge >= 0.3 is 29.6 Å². The van der Waals surface area contributed by atoms with Crippen LogP contribution in [0.4, 0.5) is 0 Å². The first-order valence-corrected chi connectivity index (χ1v) is 10.5. The van der Waals surface area contributed by atoms with Crippen LogP contribution in [0.25, 0.3) is 10.4 Å². The number of hydrogen-bond donors (Lipinski definition) is 1. The quantitative estimate of drug-likeness (QED) is 0.200. The van der Waals surface area contributed by atoms with E-state index in [1.165, 1.54) is 23.1 Å². The number of carboxylic acids is 1. The molecule has 0 unspecified atom stereocenters. The molecule has 0 aliphatic carbocycles. The Hall–Kier alpha value is -2.05. The van der Waals surface area contributed by atoms with Crippen molar-refractivity contribution >= 4 is 45.3 Å². The molecular formula is C20H21N4NaO6S. The van der Waals surface area contributed by atoms with Crippen molar-refractivity contribution in [1.82, 2.24) is 19.2 Å². The zero-order chi connectivity index (χ0) is 22.8. The first-order chi connectivity index (χ1) is 14.5. The molecule has 164 valence electrons. The predicted molar refractivity (Wildman–Crippen MR) is 108 cm³/mol. The van der Waals surface area contributed by atoms with Gasteiger partial charge in [0.25, 0.3) is 0 Å². The predicted octanol–water partition coefficient (Wildman–Crippen LogP) is -3.62. The number of carbonyl (C=O) groups is 4. The van der Waals surface area contributed by atoms with E-state index >= 15 is 0 Å². The molecule has 32 heavy (non-hydrogen) atoms. The van der Waals surface area contributed by atoms with Gasteiger partial charge in [-0.1, -0.05) is 6.92 Å². The number of carbonyl (C=O) groups excluding carboxylic acids is 4. The Morgan fingerprint density at radius 2 is 2.00 bits per heavy atom. The number of β-lactam (4-membered cyclic amide) rings is 1. The topological polar surface area (TPSA) is 135 Å². The molecule has 0 saturated carbocycles. The number of hydrogen-bond acceptors (Lipinski definition) is 8. The number of aliphatic hydroxyl groups excluding tert-OH is 1. The van der Waals surface area contributed by atoms with Crippen molar-refractivity contribution in [2.75, 3.05) is 14.1 Å². The monoisotopic (exact) mass is 468 g/mol. The summed E-state index contributed by atoms with van der Waals surface area (Å²) in [7, 11) is 3.12. The number of amides is 2. The number of imidazole rings is 1. The summed E-state index contributed by atoms with van der Waals surface area (Å²) in [6.45, 7) is 3.32. The van der Waals surface area contributed by atoms with Gasteiger partial charge in [0.1, 0.15) is 16.9 Å². The molecule has 12 heteroatoms. The minimum atomic E-state index is -1.47. The Balaban J connectivity index is 0.00000289. The maximum atomic E-state index is 12.6. The molecule has 4 atom stereocenters. The molecule has 2 aromatic rings. The Morgan fingerprint density at radius 1 is 1.34 bits per heavy atom. The minimum Gasteiger partial charge on any atom is -0.543 e. The summed E-state index contributed by atoms with van der Waals surface area (Å²) in [5, 5.41) is 21.9. The van der Waals surface area contributed by atoms with E-state index in [2.05, 4.69) is 4.98 Å². The Morgan fingerprint density at radius 3 is 2.56 bits per heavy atom. The van der Waals surface area contributed by atoms with Crippen LogP contribution in [0.5, 0.6) is 0 Å². The van der Waals surface area contributed by atoms with E-state index in [1.807, 2.05) is 0 Å². The molecule has 10 nitrogen and oxygen atoms in total. The van der Waals surface area contributed by atoms with Gasteiger partial charge in [0.2, 0.25) is 11.8 Å². The number of aliphatic carboxylic acids is 1. The summed E-state index contributed by atoms with van der Waals surface area (Å²) >= 11 is 1.16. The van der Waals surface area contributed by atoms with Crippen molar-refractivity contribution in [1.29, 1.82) is 0 Å². The molecule has 2 amide bonds. The molecule has 0 spiro atoms. The number of aromatic nitrogens is 2. The zero-order valence-corrected chi connectivity index (χ0v) is 21.2. The third kappa shape index (κ3) is 3.61. The van der Waals surface area contributed by atoms with Crippen LogP contribution >= 0.6 is 11.3 Å². The SMILES string of the molecule is C[C@@H](O)[C@H]1C(=O)N2C(C(=O)[O-])=C(c3cn4cnc(C(=O)CC(=O)N(C)C)c4s3)[C@H](C)[C@H]12.[Na+]. The van der Waals surface area contributed by atoms with Gasteiger partial charge in [-0.15, -0.1) is 11.3 Å². The normalized spacial score (nSPS) is 23.0. The molecule has 1 N–H and O–H groups in total. The van der Waals surface area contributed by atoms with Crippen LogP contribution in [0.15, 0.2) is 18.2 Å². The average molecular weight is 468 g/mol. The second-order valence-corrected chi connectivity index (χ2v) is 9.12. The fraction of sp³-hybridized carbons (Fsp3) is 0.450. The molecule has 1 fully saturated rings. The molecule has 2 aromatic heterocycles. The molecule has 0 bridgehead atoms. The van der Waals surface area contributed by atoms with Gasteiger partial charge in [-0.3, -0.25) is 18.8 Å². The van der Waals surface area contributed by atoms with Crippen LogP contribution in [-0.2, 0) is 14.4 Å². The van der Waals surface area contributed by atoms with Crippen LogP contribution in [-0.4, -0.2) is 74.1 Å². The third-order valence-corrected chi connectivity index (χ3v) is 7.06. The van der Waals surface area contributed by atoms with Crippen LogP contribution in [0.2, 0.25) is 0 Å². The fourth-order valence-electron chi connectivity index (χ4n) is 4.38. The first kappa shape index (κ1) is 24.6. The van der Waals surface area contributed by atoms with E-state index in [9.17, 15) is 29.4 Å². The van der Waals surface area contributed by atoms with Crippen LogP contribution in [0.3, 0.4) is 0 Å². The molecule has 0 radical (unpaired) electrons. The van der Waals surface area contributed by atoms with Crippen molar-refractivity contribution < 1.29 is 58.9 Å². The molecule has 0 aromatic carbocycles. The smallest absolute Gasteiger partial charge is 0.543 e. The van der Waals surface area contributed by atoms with Crippen LogP contribution < -0.4 is 34.7 Å². The number of thiazole rings is 1. The Labute approximate surface area is 209 Å². The van der Waals surface area contributed by atoms with Gasteiger partial charge in [0.05, 0.1) is 41.0 Å². The first-order valence-electron chi connectivity index (χ1n) is 9.71. The number of Topliss-reactive ketones (excluding diaryl/α,β-unsaturated/α-hetero) is 1. The van der Waals surface area contributed by atoms with Gasteiger partial charge in [0, 0.05) is 31.8 Å². The number of nitrogens with zero attached hydrogens (tertiary/aromatic N) is 4. The second-order valence-electron chi connectivity index (χ2n) is 8.09. The van der Waals surface area contributed by atoms with Crippen molar-refractivity contribution in [2.24, 2.45) is 11.8 Å². The maximum Gasteiger partial charge on any atom is 1.00 e. The summed E-state index contributed by atoms with van der Waals surface area (Å²) in [6, 6.07) is -0.464. The van der Waals surface area contributed by atoms with Crippen LogP contribution in [0, 0.1) is 11.8 Å². The molecule has 4 heterocycles. The van der Waals surface area contributed by atoms with Crippen molar-refractivity contribution in [3.8, 4) is 0 Å². The molecule has 1 saturated heterocycles. The minimum absolute atomic E-state index is 0. The number of carboxylic acid groups (broad SMARTS) is 1. The van der Waals surface area contributed by atoms with Crippen LogP contribution in [0.1, 0.15) is 35.6 Å². The van der Waals surface area contributed by atoms with Gasteiger partial charge in [-0.25, -0.2) is 4.98 Å². The number of rotatable bonds is 6. The molecule has 2 aliphatic heterocycles. The number of aliphatic hydroxyl groups is 1. The van der Waals surface area contributed by atoms with E-state index < -0.39 is 35.7 Å². The largest absolute Gasteiger partial charge is 1.00 e. The molecular weight excluding hydrogens is 447 g/mol. The van der Waals surface area contributed by atoms with Crippen molar-refractivity contribution in [2.45, 2.75) is 32.4 Å². The van der Waals surface area contributed by atoms with Gasteiger partial charge in [0.15, 0.2) is 5.78 Å². The van der Waals surface area contributed by atoms with E-state index in [-0.39, 0.29) is 59.2 Å². The zero-order valence-electron chi connectivity index (χ0n) is 18.4. The number of fused-ring (bicyclic) bond motifs is 2. The summed E-state index contributed by atoms with van der Waals surface area (Å²) in [5.74, 6) is -3.72. The second kappa shape index (κ2) is 8.71. The summed E-state index contributed by atoms with van der Waals surface area (Å²) in [6.07, 6.45) is 1.86. The summed E-state index contributed by atoms with van der Waals surface area (Å²) in [5.41, 5.74) is 0.361. The molecule has 4 rings (SSSR count). The van der Waals surface area contributed by atoms with Gasteiger partial charge in [-0.05, 0) is 6.92 Å². The fourth-order valence-corrected chi connectivity index (χ4v) is 5.61. The van der Waals surface area contributed by atoms with Gasteiger partial charge in [-0.2, -0.15) is 0 Å². The van der Waals surface area contributed by atoms with E-state index in [4.69, 9.17) is 0 Å². The Bertz CT molecular complexity index is 1170. The number of ketones is 1. The molecule has 2 aliphatic rings. The maximum absolute atomic E-state index is 12.6.